The summed E-state index contributed by atoms with van der Waals surface area (Å²) in [5.74, 6) is -3.97. The van der Waals surface area contributed by atoms with E-state index >= 15 is 0 Å². The van der Waals surface area contributed by atoms with Gasteiger partial charge in [0.25, 0.3) is 0 Å². The molecule has 0 aliphatic carbocycles. The molecule has 3 amide bonds. The fourth-order valence-electron chi connectivity index (χ4n) is 6.12. The van der Waals surface area contributed by atoms with Crippen LogP contribution in [0.3, 0.4) is 0 Å². The molecular formula is C38H45N5O7S. The molecule has 1 fully saturated rings. The summed E-state index contributed by atoms with van der Waals surface area (Å²) < 4.78 is 0. The lowest BCUT2D eigenvalue weighted by molar-refractivity contribution is -0.143. The van der Waals surface area contributed by atoms with Crippen LogP contribution in [0.5, 0.6) is 0 Å². The third-order valence-corrected chi connectivity index (χ3v) is 8.79. The van der Waals surface area contributed by atoms with E-state index in [-0.39, 0.29) is 43.0 Å². The van der Waals surface area contributed by atoms with Gasteiger partial charge < -0.3 is 36.4 Å². The average Bonchev–Trinajstić information content (AvgIpc) is 3.51. The van der Waals surface area contributed by atoms with Crippen LogP contribution in [0.1, 0.15) is 63.1 Å². The molecule has 3 aromatic carbocycles. The van der Waals surface area contributed by atoms with E-state index in [1.807, 2.05) is 75.4 Å². The summed E-state index contributed by atoms with van der Waals surface area (Å²) >= 11 is 5.41. The van der Waals surface area contributed by atoms with Crippen LogP contribution in [0.2, 0.25) is 0 Å². The van der Waals surface area contributed by atoms with Crippen molar-refractivity contribution in [2.75, 3.05) is 17.2 Å². The molecule has 13 heteroatoms. The Morgan fingerprint density at radius 1 is 0.784 bits per heavy atom. The molecule has 6 N–H and O–H groups in total. The molecule has 51 heavy (non-hydrogen) atoms. The van der Waals surface area contributed by atoms with Crippen LogP contribution in [0.15, 0.2) is 78.9 Å². The first-order valence-electron chi connectivity index (χ1n) is 16.7. The van der Waals surface area contributed by atoms with E-state index in [1.165, 1.54) is 11.8 Å². The van der Waals surface area contributed by atoms with Gasteiger partial charge in [0.05, 0.1) is 0 Å². The van der Waals surface area contributed by atoms with Gasteiger partial charge in [-0.15, -0.1) is 0 Å². The van der Waals surface area contributed by atoms with Crippen molar-refractivity contribution in [3.8, 4) is 0 Å². The quantitative estimate of drug-likeness (QED) is 0.138. The molecule has 4 rings (SSSR count). The number of carbonyl (C=O) groups is 5. The minimum absolute atomic E-state index is 0.0757. The van der Waals surface area contributed by atoms with Crippen LogP contribution in [-0.2, 0) is 36.8 Å². The standard InChI is InChI=1S/C38H45N5O7S/c1-23(44)43-22-27(24-14-16-29(17-15-24)40-37(51)39-28-12-6-5-7-13-28)20-32(43)34(46)42-31(36(49)50)19-26-11-9-8-10-25(26)18-30(35(47)48)41-33(45)21-38(2,3)4/h5-17,27,30-32H,18-22H2,1-4H3,(H,41,45)(H,42,46)(H,47,48)(H,49,50)(H2,39,40,51). The second-order valence-corrected chi connectivity index (χ2v) is 14.4. The van der Waals surface area contributed by atoms with Gasteiger partial charge in [-0.2, -0.15) is 0 Å². The van der Waals surface area contributed by atoms with E-state index in [4.69, 9.17) is 12.2 Å². The second-order valence-electron chi connectivity index (χ2n) is 14.0. The van der Waals surface area contributed by atoms with E-state index in [2.05, 4.69) is 21.3 Å². The maximum atomic E-state index is 13.6. The molecule has 1 heterocycles. The number of carbonyl (C=O) groups excluding carboxylic acids is 3. The van der Waals surface area contributed by atoms with Crippen molar-refractivity contribution >= 4 is 58.4 Å². The molecule has 0 bridgehead atoms. The normalized spacial score (nSPS) is 16.7. The Morgan fingerprint density at radius 3 is 1.80 bits per heavy atom. The Labute approximate surface area is 303 Å². The molecule has 270 valence electrons. The highest BCUT2D eigenvalue weighted by atomic mass is 32.1. The number of carboxylic acid groups (broad SMARTS) is 2. The largest absolute Gasteiger partial charge is 0.480 e. The van der Waals surface area contributed by atoms with Crippen molar-refractivity contribution < 1.29 is 34.2 Å². The summed E-state index contributed by atoms with van der Waals surface area (Å²) in [4.78, 5) is 64.7. The third-order valence-electron chi connectivity index (χ3n) is 8.59. The lowest BCUT2D eigenvalue weighted by atomic mass is 9.91. The minimum Gasteiger partial charge on any atom is -0.480 e. The van der Waals surface area contributed by atoms with Gasteiger partial charge in [-0.05, 0) is 65.0 Å². The number of amides is 3. The molecule has 0 saturated carbocycles. The van der Waals surface area contributed by atoms with Gasteiger partial charge in [0.2, 0.25) is 17.7 Å². The summed E-state index contributed by atoms with van der Waals surface area (Å²) in [5.41, 5.74) is 3.23. The highest BCUT2D eigenvalue weighted by molar-refractivity contribution is 7.80. The molecule has 4 atom stereocenters. The molecule has 1 saturated heterocycles. The fraction of sp³-hybridized carbons (Fsp3) is 0.368. The van der Waals surface area contributed by atoms with Crippen molar-refractivity contribution in [3.63, 3.8) is 0 Å². The van der Waals surface area contributed by atoms with Crippen LogP contribution in [-0.4, -0.2) is 74.6 Å². The monoisotopic (exact) mass is 715 g/mol. The molecule has 1 aliphatic heterocycles. The number of para-hydroxylation sites is 1. The zero-order valence-corrected chi connectivity index (χ0v) is 30.0. The summed E-state index contributed by atoms with van der Waals surface area (Å²) in [5, 5.41) is 31.8. The highest BCUT2D eigenvalue weighted by Gasteiger charge is 2.40. The van der Waals surface area contributed by atoms with Gasteiger partial charge in [-0.25, -0.2) is 9.59 Å². The smallest absolute Gasteiger partial charge is 0.326 e. The average molecular weight is 716 g/mol. The SMILES string of the molecule is CC(=O)N1CC(c2ccc(NC(=S)Nc3ccccc3)cc2)CC1C(=O)NC(Cc1ccccc1CC(NC(=O)CC(C)(C)C)C(=O)O)C(=O)O. The number of likely N-dealkylation sites (tertiary alicyclic amines) is 1. The van der Waals surface area contributed by atoms with Gasteiger partial charge in [0, 0.05) is 50.0 Å². The van der Waals surface area contributed by atoms with E-state index < -0.39 is 41.9 Å². The third kappa shape index (κ3) is 11.4. The predicted molar refractivity (Wildman–Crippen MR) is 198 cm³/mol. The fourth-order valence-corrected chi connectivity index (χ4v) is 6.35. The number of carboxylic acids is 2. The van der Waals surface area contributed by atoms with E-state index in [0.717, 1.165) is 16.9 Å². The van der Waals surface area contributed by atoms with Gasteiger partial charge in [-0.3, -0.25) is 14.4 Å². The number of aliphatic carboxylic acids is 2. The van der Waals surface area contributed by atoms with Crippen molar-refractivity contribution in [2.24, 2.45) is 5.41 Å². The molecular weight excluding hydrogens is 671 g/mol. The predicted octanol–water partition coefficient (Wildman–Crippen LogP) is 4.56. The zero-order valence-electron chi connectivity index (χ0n) is 29.1. The first-order valence-corrected chi connectivity index (χ1v) is 17.1. The van der Waals surface area contributed by atoms with E-state index in [1.54, 1.807) is 24.3 Å². The number of nitrogens with zero attached hydrogens (tertiary/aromatic N) is 1. The number of hydrogen-bond donors (Lipinski definition) is 6. The van der Waals surface area contributed by atoms with Crippen LogP contribution in [0.4, 0.5) is 11.4 Å². The molecule has 3 aromatic rings. The van der Waals surface area contributed by atoms with Crippen LogP contribution in [0, 0.1) is 5.41 Å². The molecule has 0 aromatic heterocycles. The number of thiocarbonyl (C=S) groups is 1. The maximum absolute atomic E-state index is 13.6. The highest BCUT2D eigenvalue weighted by Crippen LogP contribution is 2.33. The Kier molecular flexibility index (Phi) is 12.9. The molecule has 1 aliphatic rings. The maximum Gasteiger partial charge on any atom is 0.326 e. The summed E-state index contributed by atoms with van der Waals surface area (Å²) in [6.45, 7) is 7.28. The summed E-state index contributed by atoms with van der Waals surface area (Å²) in [6.07, 6.45) is 0.220. The van der Waals surface area contributed by atoms with Crippen molar-refractivity contribution in [3.05, 3.63) is 95.6 Å². The van der Waals surface area contributed by atoms with Gasteiger partial charge >= 0.3 is 11.9 Å². The molecule has 0 spiro atoms. The zero-order chi connectivity index (χ0) is 37.3. The summed E-state index contributed by atoms with van der Waals surface area (Å²) in [6, 6.07) is 20.3. The number of anilines is 2. The van der Waals surface area contributed by atoms with Crippen LogP contribution < -0.4 is 21.3 Å². The van der Waals surface area contributed by atoms with E-state index in [9.17, 15) is 34.2 Å². The van der Waals surface area contributed by atoms with Crippen molar-refractivity contribution in [2.45, 2.75) is 77.4 Å². The van der Waals surface area contributed by atoms with Crippen LogP contribution >= 0.6 is 12.2 Å². The Morgan fingerprint density at radius 2 is 1.29 bits per heavy atom. The summed E-state index contributed by atoms with van der Waals surface area (Å²) in [7, 11) is 0. The van der Waals surface area contributed by atoms with E-state index in [0.29, 0.717) is 22.7 Å². The number of nitrogens with one attached hydrogen (secondary N) is 4. The number of hydrogen-bond acceptors (Lipinski definition) is 6. The number of rotatable bonds is 13. The number of benzene rings is 3. The lowest BCUT2D eigenvalue weighted by Gasteiger charge is -2.25. The Hall–Kier alpha value is -5.30. The minimum atomic E-state index is -1.36. The van der Waals surface area contributed by atoms with Gasteiger partial charge in [-0.1, -0.05) is 75.4 Å². The second kappa shape index (κ2) is 17.1. The van der Waals surface area contributed by atoms with Crippen LogP contribution in [0.25, 0.3) is 0 Å². The van der Waals surface area contributed by atoms with Crippen molar-refractivity contribution in [1.82, 2.24) is 15.5 Å². The van der Waals surface area contributed by atoms with Gasteiger partial charge in [0.1, 0.15) is 18.1 Å². The molecule has 12 nitrogen and oxygen atoms in total. The Bertz CT molecular complexity index is 1740. The first-order chi connectivity index (χ1) is 24.1. The molecule has 4 unspecified atom stereocenters. The topological polar surface area (TPSA) is 177 Å². The first kappa shape index (κ1) is 38.5. The van der Waals surface area contributed by atoms with Crippen molar-refractivity contribution in [1.29, 1.82) is 0 Å². The molecule has 0 radical (unpaired) electrons. The Balaban J connectivity index is 1.42. The lowest BCUT2D eigenvalue weighted by Crippen LogP contribution is -2.51. The van der Waals surface area contributed by atoms with Gasteiger partial charge in [0.15, 0.2) is 5.11 Å².